The van der Waals surface area contributed by atoms with Gasteiger partial charge in [-0.25, -0.2) is 13.1 Å². The zero-order chi connectivity index (χ0) is 16.7. The van der Waals surface area contributed by atoms with Gasteiger partial charge in [-0.15, -0.1) is 0 Å². The highest BCUT2D eigenvalue weighted by atomic mass is 32.2. The van der Waals surface area contributed by atoms with Gasteiger partial charge in [0.25, 0.3) is 0 Å². The summed E-state index contributed by atoms with van der Waals surface area (Å²) in [4.78, 5) is 16.1. The molecule has 0 aliphatic carbocycles. The Labute approximate surface area is 138 Å². The first kappa shape index (κ1) is 17.9. The molecular formula is C16H25N3O3S. The van der Waals surface area contributed by atoms with E-state index in [1.807, 2.05) is 30.3 Å². The predicted molar refractivity (Wildman–Crippen MR) is 90.6 cm³/mol. The van der Waals surface area contributed by atoms with Crippen LogP contribution in [0.3, 0.4) is 0 Å². The average molecular weight is 339 g/mol. The minimum atomic E-state index is -3.44. The molecule has 1 aliphatic rings. The molecular weight excluding hydrogens is 314 g/mol. The van der Waals surface area contributed by atoms with E-state index in [2.05, 4.69) is 16.5 Å². The lowest BCUT2D eigenvalue weighted by Crippen LogP contribution is -2.51. The molecule has 0 bridgehead atoms. The Morgan fingerprint density at radius 3 is 2.39 bits per heavy atom. The maximum Gasteiger partial charge on any atom is 0.237 e. The second-order valence-electron chi connectivity index (χ2n) is 5.69. The van der Waals surface area contributed by atoms with E-state index < -0.39 is 10.0 Å². The Balaban J connectivity index is 1.74. The first-order valence-corrected chi connectivity index (χ1v) is 9.67. The summed E-state index contributed by atoms with van der Waals surface area (Å²) in [6, 6.07) is 9.46. The highest BCUT2D eigenvalue weighted by molar-refractivity contribution is 7.89. The SMILES string of the molecule is CCN1CCN(C(=O)CNS(=O)(=O)CCc2ccccc2)CC1. The minimum absolute atomic E-state index is 0.00605. The van der Waals surface area contributed by atoms with Crippen LogP contribution in [0.1, 0.15) is 12.5 Å². The molecule has 2 rings (SSSR count). The first-order valence-electron chi connectivity index (χ1n) is 8.01. The molecule has 0 saturated carbocycles. The quantitative estimate of drug-likeness (QED) is 0.776. The molecule has 1 aliphatic heterocycles. The van der Waals surface area contributed by atoms with Crippen LogP contribution in [-0.2, 0) is 21.2 Å². The van der Waals surface area contributed by atoms with Crippen LogP contribution < -0.4 is 4.72 Å². The number of nitrogens with one attached hydrogen (secondary N) is 1. The Morgan fingerprint density at radius 1 is 1.13 bits per heavy atom. The molecule has 1 aromatic rings. The number of aryl methyl sites for hydroxylation is 1. The fourth-order valence-electron chi connectivity index (χ4n) is 2.57. The number of carbonyl (C=O) groups excluding carboxylic acids is 1. The van der Waals surface area contributed by atoms with Gasteiger partial charge in [0.1, 0.15) is 0 Å². The number of carbonyl (C=O) groups is 1. The summed E-state index contributed by atoms with van der Waals surface area (Å²) in [5, 5.41) is 0. The molecule has 1 amide bonds. The lowest BCUT2D eigenvalue weighted by molar-refractivity contribution is -0.131. The van der Waals surface area contributed by atoms with Crippen molar-refractivity contribution in [2.24, 2.45) is 0 Å². The Hall–Kier alpha value is -1.44. The van der Waals surface area contributed by atoms with Crippen molar-refractivity contribution in [3.8, 4) is 0 Å². The Morgan fingerprint density at radius 2 is 1.78 bits per heavy atom. The van der Waals surface area contributed by atoms with Gasteiger partial charge in [-0.05, 0) is 18.5 Å². The van der Waals surface area contributed by atoms with Crippen molar-refractivity contribution in [3.05, 3.63) is 35.9 Å². The lowest BCUT2D eigenvalue weighted by atomic mass is 10.2. The highest BCUT2D eigenvalue weighted by Gasteiger charge is 2.21. The van der Waals surface area contributed by atoms with E-state index >= 15 is 0 Å². The van der Waals surface area contributed by atoms with Crippen LogP contribution in [0.2, 0.25) is 0 Å². The fourth-order valence-corrected chi connectivity index (χ4v) is 3.56. The second-order valence-corrected chi connectivity index (χ2v) is 7.62. The topological polar surface area (TPSA) is 69.7 Å². The number of rotatable bonds is 7. The van der Waals surface area contributed by atoms with Gasteiger partial charge in [0, 0.05) is 26.2 Å². The van der Waals surface area contributed by atoms with E-state index in [4.69, 9.17) is 0 Å². The van der Waals surface area contributed by atoms with Gasteiger partial charge in [-0.3, -0.25) is 4.79 Å². The smallest absolute Gasteiger partial charge is 0.237 e. The van der Waals surface area contributed by atoms with E-state index in [1.54, 1.807) is 4.90 Å². The molecule has 1 heterocycles. The van der Waals surface area contributed by atoms with Crippen molar-refractivity contribution < 1.29 is 13.2 Å². The van der Waals surface area contributed by atoms with Crippen LogP contribution in [-0.4, -0.2) is 69.1 Å². The van der Waals surface area contributed by atoms with E-state index in [1.165, 1.54) is 0 Å². The van der Waals surface area contributed by atoms with Crippen molar-refractivity contribution in [2.75, 3.05) is 45.0 Å². The summed E-state index contributed by atoms with van der Waals surface area (Å²) >= 11 is 0. The van der Waals surface area contributed by atoms with Crippen LogP contribution in [0.5, 0.6) is 0 Å². The zero-order valence-corrected chi connectivity index (χ0v) is 14.4. The van der Waals surface area contributed by atoms with Gasteiger partial charge in [0.2, 0.25) is 15.9 Å². The molecule has 1 aromatic carbocycles. The van der Waals surface area contributed by atoms with E-state index in [0.29, 0.717) is 19.5 Å². The molecule has 1 N–H and O–H groups in total. The van der Waals surface area contributed by atoms with Crippen molar-refractivity contribution in [3.63, 3.8) is 0 Å². The third-order valence-corrected chi connectivity index (χ3v) is 5.44. The van der Waals surface area contributed by atoms with Crippen molar-refractivity contribution in [1.29, 1.82) is 0 Å². The van der Waals surface area contributed by atoms with Crippen LogP contribution in [0.15, 0.2) is 30.3 Å². The summed E-state index contributed by atoms with van der Waals surface area (Å²) in [6.45, 7) is 5.96. The van der Waals surface area contributed by atoms with Gasteiger partial charge >= 0.3 is 0 Å². The molecule has 1 saturated heterocycles. The normalized spacial score (nSPS) is 16.5. The molecule has 0 unspecified atom stereocenters. The Bertz CT molecular complexity index is 596. The average Bonchev–Trinajstić information content (AvgIpc) is 2.59. The molecule has 0 radical (unpaired) electrons. The van der Waals surface area contributed by atoms with Crippen LogP contribution in [0.4, 0.5) is 0 Å². The summed E-state index contributed by atoms with van der Waals surface area (Å²) < 4.78 is 26.4. The standard InChI is InChI=1S/C16H25N3O3S/c1-2-18-9-11-19(12-10-18)16(20)14-17-23(21,22)13-8-15-6-4-3-5-7-15/h3-7,17H,2,8-14H2,1H3. The zero-order valence-electron chi connectivity index (χ0n) is 13.6. The van der Waals surface area contributed by atoms with Crippen LogP contribution in [0.25, 0.3) is 0 Å². The third kappa shape index (κ3) is 5.93. The van der Waals surface area contributed by atoms with Crippen LogP contribution >= 0.6 is 0 Å². The van der Waals surface area contributed by atoms with E-state index in [9.17, 15) is 13.2 Å². The summed E-state index contributed by atoms with van der Waals surface area (Å²) in [5.41, 5.74) is 0.972. The van der Waals surface area contributed by atoms with Gasteiger partial charge in [-0.2, -0.15) is 0 Å². The number of nitrogens with zero attached hydrogens (tertiary/aromatic N) is 2. The largest absolute Gasteiger partial charge is 0.339 e. The molecule has 0 atom stereocenters. The molecule has 1 fully saturated rings. The van der Waals surface area contributed by atoms with Crippen molar-refractivity contribution in [1.82, 2.24) is 14.5 Å². The lowest BCUT2D eigenvalue weighted by Gasteiger charge is -2.34. The molecule has 6 nitrogen and oxygen atoms in total. The maximum atomic E-state index is 12.1. The molecule has 128 valence electrons. The fraction of sp³-hybridized carbons (Fsp3) is 0.562. The number of amides is 1. The highest BCUT2D eigenvalue weighted by Crippen LogP contribution is 2.03. The maximum absolute atomic E-state index is 12.1. The van der Waals surface area contributed by atoms with Gasteiger partial charge in [0.05, 0.1) is 12.3 Å². The molecule has 7 heteroatoms. The predicted octanol–water partition coefficient (Wildman–Crippen LogP) is 0.313. The Kier molecular flexibility index (Phi) is 6.56. The summed E-state index contributed by atoms with van der Waals surface area (Å²) in [6.07, 6.45) is 0.444. The number of likely N-dealkylation sites (N-methyl/N-ethyl adjacent to an activating group) is 1. The monoisotopic (exact) mass is 339 g/mol. The van der Waals surface area contributed by atoms with E-state index in [-0.39, 0.29) is 18.2 Å². The summed E-state index contributed by atoms with van der Waals surface area (Å²) in [5.74, 6) is -0.155. The molecule has 0 aromatic heterocycles. The first-order chi connectivity index (χ1) is 11.0. The third-order valence-electron chi connectivity index (χ3n) is 4.12. The van der Waals surface area contributed by atoms with Crippen molar-refractivity contribution >= 4 is 15.9 Å². The number of benzene rings is 1. The number of hydrogen-bond acceptors (Lipinski definition) is 4. The molecule has 0 spiro atoms. The minimum Gasteiger partial charge on any atom is -0.339 e. The van der Waals surface area contributed by atoms with Crippen LogP contribution in [0, 0.1) is 0 Å². The number of hydrogen-bond donors (Lipinski definition) is 1. The number of piperazine rings is 1. The van der Waals surface area contributed by atoms with Gasteiger partial charge in [-0.1, -0.05) is 37.3 Å². The van der Waals surface area contributed by atoms with Crippen molar-refractivity contribution in [2.45, 2.75) is 13.3 Å². The van der Waals surface area contributed by atoms with Gasteiger partial charge < -0.3 is 9.80 Å². The second kappa shape index (κ2) is 8.42. The molecule has 23 heavy (non-hydrogen) atoms. The summed E-state index contributed by atoms with van der Waals surface area (Å²) in [7, 11) is -3.44. The number of sulfonamides is 1. The van der Waals surface area contributed by atoms with E-state index in [0.717, 1.165) is 25.2 Å². The van der Waals surface area contributed by atoms with Gasteiger partial charge in [0.15, 0.2) is 0 Å².